The van der Waals surface area contributed by atoms with Gasteiger partial charge in [0.05, 0.1) is 6.04 Å². The number of amidine groups is 1. The number of benzene rings is 2. The van der Waals surface area contributed by atoms with Gasteiger partial charge in [-0.05, 0) is 67.8 Å². The van der Waals surface area contributed by atoms with Crippen LogP contribution in [-0.2, 0) is 17.1 Å². The maximum Gasteiger partial charge on any atom is 0.285 e. The number of aryl methyl sites for hydroxylation is 1. The first kappa shape index (κ1) is 20.5. The molecule has 32 heavy (non-hydrogen) atoms. The van der Waals surface area contributed by atoms with Crippen molar-refractivity contribution in [1.82, 2.24) is 9.47 Å². The topological polar surface area (TPSA) is 83.8 Å². The Morgan fingerprint density at radius 3 is 2.56 bits per heavy atom. The predicted octanol–water partition coefficient (Wildman–Crippen LogP) is 3.95. The first-order valence-corrected chi connectivity index (χ1v) is 12.1. The smallest absolute Gasteiger partial charge is 0.285 e. The summed E-state index contributed by atoms with van der Waals surface area (Å²) in [5.41, 5.74) is 2.98. The van der Waals surface area contributed by atoms with Crippen LogP contribution in [0.4, 0.5) is 5.69 Å². The monoisotopic (exact) mass is 448 g/mol. The van der Waals surface area contributed by atoms with E-state index in [-0.39, 0.29) is 16.8 Å². The number of amides is 1. The molecule has 1 aromatic heterocycles. The first-order valence-electron chi connectivity index (χ1n) is 10.7. The van der Waals surface area contributed by atoms with Gasteiger partial charge in [-0.1, -0.05) is 12.1 Å². The third-order valence-corrected chi connectivity index (χ3v) is 7.45. The zero-order chi connectivity index (χ0) is 22.3. The van der Waals surface area contributed by atoms with Gasteiger partial charge in [0.1, 0.15) is 4.90 Å². The van der Waals surface area contributed by atoms with Crippen molar-refractivity contribution in [3.05, 3.63) is 83.7 Å². The molecule has 0 spiro atoms. The summed E-state index contributed by atoms with van der Waals surface area (Å²) in [4.78, 5) is 15.5. The molecule has 1 saturated heterocycles. The molecule has 7 nitrogen and oxygen atoms in total. The molecule has 3 heterocycles. The average Bonchev–Trinajstić information content (AvgIpc) is 3.34. The standard InChI is InChI=1S/C24H24N4O3S/c1-27-15-6-9-20(27)21-8-4-5-16-28(21)24(29)17-11-13-18(14-12-17)25-23-19-7-2-3-10-22(19)32(30,31)26-23/h2-3,6-7,9-15,21H,4-5,8,16H2,1H3,(H,25,26). The van der Waals surface area contributed by atoms with Crippen molar-refractivity contribution in [2.45, 2.75) is 30.2 Å². The number of nitrogens with zero attached hydrogens (tertiary/aromatic N) is 3. The van der Waals surface area contributed by atoms with Gasteiger partial charge >= 0.3 is 0 Å². The Morgan fingerprint density at radius 1 is 1.03 bits per heavy atom. The van der Waals surface area contributed by atoms with Crippen LogP contribution in [0.1, 0.15) is 46.9 Å². The van der Waals surface area contributed by atoms with E-state index in [1.165, 1.54) is 0 Å². The minimum Gasteiger partial charge on any atom is -0.353 e. The number of sulfonamides is 1. The normalized spacial score (nSPS) is 19.3. The SMILES string of the molecule is Cn1cccc1C1CCCCN1C(=O)c1ccc(NC2=NS(=O)(=O)c3ccccc32)cc1. The van der Waals surface area contributed by atoms with Gasteiger partial charge in [-0.2, -0.15) is 8.42 Å². The third kappa shape index (κ3) is 3.60. The van der Waals surface area contributed by atoms with Gasteiger partial charge < -0.3 is 14.8 Å². The van der Waals surface area contributed by atoms with Crippen molar-refractivity contribution < 1.29 is 13.2 Å². The molecule has 1 atom stereocenters. The summed E-state index contributed by atoms with van der Waals surface area (Å²) in [7, 11) is -1.67. The molecular weight excluding hydrogens is 424 g/mol. The quantitative estimate of drug-likeness (QED) is 0.658. The molecule has 5 rings (SSSR count). The number of anilines is 1. The number of likely N-dealkylation sites (tertiary alicyclic amines) is 1. The van der Waals surface area contributed by atoms with Crippen LogP contribution in [0.3, 0.4) is 0 Å². The molecule has 2 aliphatic heterocycles. The predicted molar refractivity (Wildman–Crippen MR) is 123 cm³/mol. The summed E-state index contributed by atoms with van der Waals surface area (Å²) in [5, 5.41) is 3.08. The van der Waals surface area contributed by atoms with Crippen LogP contribution in [0.2, 0.25) is 0 Å². The summed E-state index contributed by atoms with van der Waals surface area (Å²) in [5.74, 6) is 0.299. The molecule has 0 bridgehead atoms. The van der Waals surface area contributed by atoms with Crippen molar-refractivity contribution in [3.63, 3.8) is 0 Å². The number of carbonyl (C=O) groups is 1. The van der Waals surface area contributed by atoms with E-state index in [1.807, 2.05) is 24.2 Å². The molecule has 2 aliphatic rings. The Hall–Kier alpha value is -3.39. The van der Waals surface area contributed by atoms with Crippen molar-refractivity contribution in [2.24, 2.45) is 11.4 Å². The van der Waals surface area contributed by atoms with Crippen LogP contribution in [0.5, 0.6) is 0 Å². The van der Waals surface area contributed by atoms with Crippen molar-refractivity contribution in [3.8, 4) is 0 Å². The number of fused-ring (bicyclic) bond motifs is 1. The third-order valence-electron chi connectivity index (χ3n) is 6.12. The van der Waals surface area contributed by atoms with Gasteiger partial charge in [-0.15, -0.1) is 4.40 Å². The number of hydrogen-bond donors (Lipinski definition) is 1. The van der Waals surface area contributed by atoms with E-state index in [0.717, 1.165) is 31.5 Å². The van der Waals surface area contributed by atoms with E-state index < -0.39 is 10.0 Å². The van der Waals surface area contributed by atoms with Gasteiger partial charge in [-0.25, -0.2) is 0 Å². The summed E-state index contributed by atoms with van der Waals surface area (Å²) in [6.07, 6.45) is 5.07. The lowest BCUT2D eigenvalue weighted by molar-refractivity contribution is 0.0602. The van der Waals surface area contributed by atoms with Gasteiger partial charge in [0, 0.05) is 42.3 Å². The van der Waals surface area contributed by atoms with E-state index in [9.17, 15) is 13.2 Å². The molecule has 1 N–H and O–H groups in total. The Morgan fingerprint density at radius 2 is 1.81 bits per heavy atom. The highest BCUT2D eigenvalue weighted by atomic mass is 32.2. The fraction of sp³-hybridized carbons (Fsp3) is 0.250. The van der Waals surface area contributed by atoms with Gasteiger partial charge in [0.25, 0.3) is 15.9 Å². The Balaban J connectivity index is 1.36. The second kappa shape index (κ2) is 7.94. The van der Waals surface area contributed by atoms with E-state index in [2.05, 4.69) is 20.3 Å². The minimum absolute atomic E-state index is 0.00794. The summed E-state index contributed by atoms with van der Waals surface area (Å²) < 4.78 is 30.4. The van der Waals surface area contributed by atoms with Crippen LogP contribution >= 0.6 is 0 Å². The molecule has 0 saturated carbocycles. The van der Waals surface area contributed by atoms with Crippen LogP contribution in [-0.4, -0.2) is 36.2 Å². The highest BCUT2D eigenvalue weighted by molar-refractivity contribution is 7.90. The lowest BCUT2D eigenvalue weighted by Gasteiger charge is -2.36. The molecule has 164 valence electrons. The lowest BCUT2D eigenvalue weighted by atomic mass is 9.98. The van der Waals surface area contributed by atoms with Crippen LogP contribution in [0.15, 0.2) is 76.2 Å². The van der Waals surface area contributed by atoms with E-state index in [1.54, 1.807) is 48.5 Å². The zero-order valence-corrected chi connectivity index (χ0v) is 18.5. The molecule has 3 aromatic rings. The van der Waals surface area contributed by atoms with Crippen LogP contribution < -0.4 is 5.32 Å². The van der Waals surface area contributed by atoms with E-state index in [0.29, 0.717) is 22.6 Å². The molecular formula is C24H24N4O3S. The van der Waals surface area contributed by atoms with Crippen LogP contribution in [0, 0.1) is 0 Å². The van der Waals surface area contributed by atoms with Crippen molar-refractivity contribution >= 4 is 27.5 Å². The summed E-state index contributed by atoms with van der Waals surface area (Å²) >= 11 is 0. The molecule has 1 unspecified atom stereocenters. The number of piperidine rings is 1. The largest absolute Gasteiger partial charge is 0.353 e. The number of hydrogen-bond acceptors (Lipinski definition) is 4. The minimum atomic E-state index is -3.68. The van der Waals surface area contributed by atoms with Gasteiger partial charge in [0.15, 0.2) is 5.84 Å². The fourth-order valence-electron chi connectivity index (χ4n) is 4.50. The molecule has 8 heteroatoms. The number of carbonyl (C=O) groups excluding carboxylic acids is 1. The van der Waals surface area contributed by atoms with Gasteiger partial charge in [0.2, 0.25) is 0 Å². The lowest BCUT2D eigenvalue weighted by Crippen LogP contribution is -2.39. The zero-order valence-electron chi connectivity index (χ0n) is 17.7. The maximum absolute atomic E-state index is 13.3. The first-order chi connectivity index (χ1) is 15.4. The number of nitrogens with one attached hydrogen (secondary N) is 1. The van der Waals surface area contributed by atoms with E-state index in [4.69, 9.17) is 0 Å². The second-order valence-corrected chi connectivity index (χ2v) is 9.74. The maximum atomic E-state index is 13.3. The Kier molecular flexibility index (Phi) is 5.09. The Labute approximate surface area is 187 Å². The van der Waals surface area contributed by atoms with Crippen molar-refractivity contribution in [2.75, 3.05) is 11.9 Å². The number of aromatic nitrogens is 1. The van der Waals surface area contributed by atoms with Crippen LogP contribution in [0.25, 0.3) is 0 Å². The van der Waals surface area contributed by atoms with Gasteiger partial charge in [-0.3, -0.25) is 4.79 Å². The van der Waals surface area contributed by atoms with Crippen molar-refractivity contribution in [1.29, 1.82) is 0 Å². The summed E-state index contributed by atoms with van der Waals surface area (Å²) in [6.45, 7) is 0.736. The molecule has 2 aromatic carbocycles. The average molecular weight is 449 g/mol. The highest BCUT2D eigenvalue weighted by Crippen LogP contribution is 2.32. The Bertz CT molecular complexity index is 1310. The molecule has 1 fully saturated rings. The summed E-state index contributed by atoms with van der Waals surface area (Å²) in [6, 6.07) is 18.0. The fourth-order valence-corrected chi connectivity index (χ4v) is 5.67. The molecule has 0 radical (unpaired) electrons. The highest BCUT2D eigenvalue weighted by Gasteiger charge is 2.31. The number of rotatable bonds is 3. The molecule has 0 aliphatic carbocycles. The second-order valence-electron chi connectivity index (χ2n) is 8.17. The van der Waals surface area contributed by atoms with E-state index >= 15 is 0 Å². The molecule has 1 amide bonds.